The summed E-state index contributed by atoms with van der Waals surface area (Å²) in [7, 11) is 0. The van der Waals surface area contributed by atoms with E-state index in [-0.39, 0.29) is 0 Å². The van der Waals surface area contributed by atoms with E-state index in [0.717, 1.165) is 0 Å². The van der Waals surface area contributed by atoms with Crippen LogP contribution in [-0.4, -0.2) is 42.7 Å². The third-order valence-electron chi connectivity index (χ3n) is 2.32. The molecular formula is C9H8F12O2. The first-order valence-corrected chi connectivity index (χ1v) is 5.27. The van der Waals surface area contributed by atoms with Crippen LogP contribution in [0.5, 0.6) is 0 Å². The van der Waals surface area contributed by atoms with Crippen molar-refractivity contribution in [3.8, 4) is 0 Å². The third kappa shape index (κ3) is 5.02. The molecular weight excluding hydrogens is 368 g/mol. The molecule has 0 bridgehead atoms. The van der Waals surface area contributed by atoms with Crippen LogP contribution >= 0.6 is 0 Å². The van der Waals surface area contributed by atoms with Crippen molar-refractivity contribution in [2.75, 3.05) is 6.61 Å². The van der Waals surface area contributed by atoms with Gasteiger partial charge >= 0.3 is 36.1 Å². The largest absolute Gasteiger partial charge is 0.450 e. The lowest BCUT2D eigenvalue weighted by Gasteiger charge is -2.35. The summed E-state index contributed by atoms with van der Waals surface area (Å²) >= 11 is 0. The van der Waals surface area contributed by atoms with Gasteiger partial charge in [-0.3, -0.25) is 4.74 Å². The minimum absolute atomic E-state index is 0.470. The van der Waals surface area contributed by atoms with Crippen molar-refractivity contribution in [1.29, 1.82) is 0 Å². The summed E-state index contributed by atoms with van der Waals surface area (Å²) in [5, 5.41) is 0. The molecule has 0 aliphatic rings. The van der Waals surface area contributed by atoms with Crippen molar-refractivity contribution in [1.82, 2.24) is 0 Å². The molecule has 0 aliphatic heterocycles. The van der Waals surface area contributed by atoms with E-state index in [1.807, 2.05) is 0 Å². The number of halogens is 12. The van der Waals surface area contributed by atoms with Crippen LogP contribution in [-0.2, 0) is 9.47 Å². The summed E-state index contributed by atoms with van der Waals surface area (Å²) in [4.78, 5) is 0. The van der Waals surface area contributed by atoms with Gasteiger partial charge in [0.25, 0.3) is 0 Å². The smallest absolute Gasteiger partial charge is 0.333 e. The zero-order chi connectivity index (χ0) is 19.1. The van der Waals surface area contributed by atoms with Gasteiger partial charge in [0.1, 0.15) is 6.61 Å². The average Bonchev–Trinajstić information content (AvgIpc) is 2.21. The lowest BCUT2D eigenvalue weighted by Crippen LogP contribution is -2.57. The molecule has 23 heavy (non-hydrogen) atoms. The molecule has 0 N–H and O–H groups in total. The lowest BCUT2D eigenvalue weighted by molar-refractivity contribution is -0.446. The highest BCUT2D eigenvalue weighted by atomic mass is 19.4. The standard InChI is InChI=1S/C9H8F12O2/c1-4(10,7(13,14)15)22-3-6(12,9(19,20)21)23-5(2,11)8(16,17)18/h3H2,1-2H3. The SMILES string of the molecule is CC(F)(OCC(F)(OC(C)(F)C(F)(F)F)C(F)(F)F)C(F)(F)F. The van der Waals surface area contributed by atoms with Crippen LogP contribution in [0, 0.1) is 0 Å². The average molecular weight is 376 g/mol. The molecule has 0 fully saturated rings. The van der Waals surface area contributed by atoms with Gasteiger partial charge in [-0.05, 0) is 0 Å². The molecule has 2 nitrogen and oxygen atoms in total. The zero-order valence-corrected chi connectivity index (χ0v) is 11.1. The van der Waals surface area contributed by atoms with E-state index in [1.54, 1.807) is 0 Å². The maximum absolute atomic E-state index is 13.5. The maximum Gasteiger partial charge on any atom is 0.450 e. The Morgan fingerprint density at radius 2 is 0.913 bits per heavy atom. The van der Waals surface area contributed by atoms with E-state index in [2.05, 4.69) is 9.47 Å². The van der Waals surface area contributed by atoms with E-state index >= 15 is 0 Å². The fraction of sp³-hybridized carbons (Fsp3) is 1.00. The van der Waals surface area contributed by atoms with E-state index in [4.69, 9.17) is 0 Å². The zero-order valence-electron chi connectivity index (χ0n) is 11.1. The Morgan fingerprint density at radius 1 is 0.565 bits per heavy atom. The molecule has 0 radical (unpaired) electrons. The van der Waals surface area contributed by atoms with Crippen LogP contribution in [0.15, 0.2) is 0 Å². The van der Waals surface area contributed by atoms with Crippen molar-refractivity contribution in [3.05, 3.63) is 0 Å². The van der Waals surface area contributed by atoms with Crippen molar-refractivity contribution in [2.24, 2.45) is 0 Å². The Bertz CT molecular complexity index is 406. The number of hydrogen-bond acceptors (Lipinski definition) is 2. The molecule has 0 rings (SSSR count). The predicted molar refractivity (Wildman–Crippen MR) is 48.1 cm³/mol. The van der Waals surface area contributed by atoms with Crippen molar-refractivity contribution >= 4 is 0 Å². The molecule has 0 aliphatic carbocycles. The highest BCUT2D eigenvalue weighted by Crippen LogP contribution is 2.45. The van der Waals surface area contributed by atoms with Gasteiger partial charge in [-0.25, -0.2) is 8.78 Å². The molecule has 14 heteroatoms. The molecule has 0 amide bonds. The normalized spacial score (nSPS) is 22.2. The van der Waals surface area contributed by atoms with Crippen LogP contribution in [0.25, 0.3) is 0 Å². The van der Waals surface area contributed by atoms with Gasteiger partial charge in [0.15, 0.2) is 0 Å². The molecule has 0 heterocycles. The molecule has 3 unspecified atom stereocenters. The molecule has 3 atom stereocenters. The topological polar surface area (TPSA) is 18.5 Å². The highest BCUT2D eigenvalue weighted by molar-refractivity contribution is 4.85. The number of hydrogen-bond donors (Lipinski definition) is 0. The Kier molecular flexibility index (Phi) is 5.63. The van der Waals surface area contributed by atoms with Gasteiger partial charge in [0.05, 0.1) is 0 Å². The van der Waals surface area contributed by atoms with Gasteiger partial charge in [-0.15, -0.1) is 0 Å². The molecule has 0 saturated heterocycles. The second kappa shape index (κ2) is 5.86. The molecule has 0 aromatic rings. The number of rotatable bonds is 5. The second-order valence-corrected chi connectivity index (χ2v) is 4.45. The van der Waals surface area contributed by atoms with Gasteiger partial charge < -0.3 is 4.74 Å². The van der Waals surface area contributed by atoms with Gasteiger partial charge in [0.2, 0.25) is 0 Å². The molecule has 140 valence electrons. The van der Waals surface area contributed by atoms with Gasteiger partial charge in [-0.2, -0.15) is 43.9 Å². The summed E-state index contributed by atoms with van der Waals surface area (Å²) in [6, 6.07) is 0. The monoisotopic (exact) mass is 376 g/mol. The van der Waals surface area contributed by atoms with E-state index in [1.165, 1.54) is 0 Å². The van der Waals surface area contributed by atoms with Gasteiger partial charge in [0, 0.05) is 13.8 Å². The van der Waals surface area contributed by atoms with E-state index in [9.17, 15) is 52.7 Å². The minimum Gasteiger partial charge on any atom is -0.333 e. The summed E-state index contributed by atoms with van der Waals surface area (Å²) in [6.45, 7) is -4.17. The van der Waals surface area contributed by atoms with E-state index in [0.29, 0.717) is 0 Å². The predicted octanol–water partition coefficient (Wildman–Crippen LogP) is 4.74. The third-order valence-corrected chi connectivity index (χ3v) is 2.32. The molecule has 0 spiro atoms. The summed E-state index contributed by atoms with van der Waals surface area (Å²) in [5.74, 6) is -15.8. The molecule has 0 aromatic heterocycles. The van der Waals surface area contributed by atoms with Gasteiger partial charge in [-0.1, -0.05) is 0 Å². The van der Waals surface area contributed by atoms with E-state index < -0.39 is 56.5 Å². The fourth-order valence-corrected chi connectivity index (χ4v) is 0.841. The Labute approximate surface area is 120 Å². The first-order valence-electron chi connectivity index (χ1n) is 5.27. The fourth-order valence-electron chi connectivity index (χ4n) is 0.841. The molecule has 0 saturated carbocycles. The summed E-state index contributed by atoms with van der Waals surface area (Å²) in [5.41, 5.74) is 0. The van der Waals surface area contributed by atoms with Crippen LogP contribution in [0.2, 0.25) is 0 Å². The van der Waals surface area contributed by atoms with Crippen LogP contribution in [0.1, 0.15) is 13.8 Å². The second-order valence-electron chi connectivity index (χ2n) is 4.45. The van der Waals surface area contributed by atoms with Crippen LogP contribution in [0.4, 0.5) is 52.7 Å². The minimum atomic E-state index is -6.47. The quantitative estimate of drug-likeness (QED) is 0.646. The highest BCUT2D eigenvalue weighted by Gasteiger charge is 2.68. The van der Waals surface area contributed by atoms with Crippen LogP contribution in [0.3, 0.4) is 0 Å². The van der Waals surface area contributed by atoms with Crippen LogP contribution < -0.4 is 0 Å². The summed E-state index contributed by atoms with van der Waals surface area (Å²) in [6.07, 6.45) is -18.6. The Hall–Kier alpha value is -0.920. The number of alkyl halides is 12. The molecule has 0 aromatic carbocycles. The maximum atomic E-state index is 13.5. The summed E-state index contributed by atoms with van der Waals surface area (Å²) < 4.78 is 155. The number of ether oxygens (including phenoxy) is 2. The Morgan fingerprint density at radius 3 is 1.17 bits per heavy atom. The van der Waals surface area contributed by atoms with Crippen molar-refractivity contribution < 1.29 is 62.2 Å². The lowest BCUT2D eigenvalue weighted by atomic mass is 10.2. The van der Waals surface area contributed by atoms with Crippen molar-refractivity contribution in [2.45, 2.75) is 49.9 Å². The first kappa shape index (κ1) is 22.1. The van der Waals surface area contributed by atoms with Crippen molar-refractivity contribution in [3.63, 3.8) is 0 Å². The first-order chi connectivity index (χ1) is 9.66. The Balaban J connectivity index is 5.49.